The average molecular weight is 460 g/mol. The fourth-order valence-electron chi connectivity index (χ4n) is 6.49. The predicted molar refractivity (Wildman–Crippen MR) is 118 cm³/mol. The van der Waals surface area contributed by atoms with Gasteiger partial charge in [-0.05, 0) is 70.3 Å². The van der Waals surface area contributed by atoms with Crippen LogP contribution in [0.3, 0.4) is 0 Å². The van der Waals surface area contributed by atoms with Crippen molar-refractivity contribution in [2.45, 2.75) is 108 Å². The standard InChI is InChI=1S/C24H40F3N3O2/c1-3-30(21-7-5-4-6-19(21)24(25,26)27)18-12-8-17(9-13-18)23(32)29(2)20-14-10-16(20)11-15-22(28)31/h16-21H,3-15H2,1-2H3,(H2,28,31). The van der Waals surface area contributed by atoms with Crippen LogP contribution in [-0.4, -0.2) is 59.5 Å². The van der Waals surface area contributed by atoms with E-state index in [2.05, 4.69) is 4.90 Å². The summed E-state index contributed by atoms with van der Waals surface area (Å²) in [5.41, 5.74) is 5.27. The van der Waals surface area contributed by atoms with Gasteiger partial charge in [0.15, 0.2) is 0 Å². The Kier molecular flexibility index (Phi) is 8.50. The van der Waals surface area contributed by atoms with E-state index in [0.717, 1.165) is 51.4 Å². The average Bonchev–Trinajstić information content (AvgIpc) is 2.73. The van der Waals surface area contributed by atoms with Crippen LogP contribution in [0.4, 0.5) is 13.2 Å². The van der Waals surface area contributed by atoms with Gasteiger partial charge >= 0.3 is 6.18 Å². The Bertz CT molecular complexity index is 649. The molecule has 0 heterocycles. The SMILES string of the molecule is CCN(C1CCC(C(=O)N(C)C2CCC2CCC(N)=O)CC1)C1CCCCC1C(F)(F)F. The van der Waals surface area contributed by atoms with Gasteiger partial charge in [-0.2, -0.15) is 13.2 Å². The molecule has 5 nitrogen and oxygen atoms in total. The van der Waals surface area contributed by atoms with E-state index >= 15 is 0 Å². The zero-order valence-electron chi connectivity index (χ0n) is 19.6. The quantitative estimate of drug-likeness (QED) is 0.582. The van der Waals surface area contributed by atoms with Crippen molar-refractivity contribution in [1.29, 1.82) is 0 Å². The molecule has 3 fully saturated rings. The van der Waals surface area contributed by atoms with Gasteiger partial charge in [0.1, 0.15) is 0 Å². The molecule has 0 aliphatic heterocycles. The molecule has 0 bridgehead atoms. The van der Waals surface area contributed by atoms with Gasteiger partial charge < -0.3 is 10.6 Å². The minimum atomic E-state index is -4.14. The van der Waals surface area contributed by atoms with Crippen molar-refractivity contribution >= 4 is 11.8 Å². The Balaban J connectivity index is 1.54. The molecule has 0 aromatic carbocycles. The van der Waals surface area contributed by atoms with Gasteiger partial charge in [-0.1, -0.05) is 19.8 Å². The number of rotatable bonds is 8. The number of hydrogen-bond donors (Lipinski definition) is 1. The molecule has 4 atom stereocenters. The van der Waals surface area contributed by atoms with Crippen LogP contribution in [0.15, 0.2) is 0 Å². The normalized spacial score (nSPS) is 33.6. The Morgan fingerprint density at radius 3 is 2.12 bits per heavy atom. The third-order valence-electron chi connectivity index (χ3n) is 8.44. The summed E-state index contributed by atoms with van der Waals surface area (Å²) in [6, 6.07) is -0.106. The maximum atomic E-state index is 13.7. The summed E-state index contributed by atoms with van der Waals surface area (Å²) < 4.78 is 41.0. The number of nitrogens with zero attached hydrogens (tertiary/aromatic N) is 2. The van der Waals surface area contributed by atoms with Crippen molar-refractivity contribution in [3.05, 3.63) is 0 Å². The van der Waals surface area contributed by atoms with E-state index in [1.54, 1.807) is 0 Å². The van der Waals surface area contributed by atoms with Gasteiger partial charge in [0.25, 0.3) is 0 Å². The van der Waals surface area contributed by atoms with E-state index in [1.165, 1.54) is 0 Å². The smallest absolute Gasteiger partial charge is 0.370 e. The summed E-state index contributed by atoms with van der Waals surface area (Å²) in [5, 5.41) is 0. The molecular formula is C24H40F3N3O2. The maximum Gasteiger partial charge on any atom is 0.393 e. The highest BCUT2D eigenvalue weighted by molar-refractivity contribution is 5.79. The molecule has 8 heteroatoms. The van der Waals surface area contributed by atoms with E-state index in [1.807, 2.05) is 18.9 Å². The Morgan fingerprint density at radius 1 is 0.938 bits per heavy atom. The van der Waals surface area contributed by atoms with Crippen LogP contribution in [0.25, 0.3) is 0 Å². The zero-order chi connectivity index (χ0) is 23.5. The summed E-state index contributed by atoms with van der Waals surface area (Å²) in [6.45, 7) is 2.60. The summed E-state index contributed by atoms with van der Waals surface area (Å²) in [7, 11) is 1.86. The van der Waals surface area contributed by atoms with Crippen LogP contribution in [-0.2, 0) is 9.59 Å². The molecule has 2 amide bonds. The molecular weight excluding hydrogens is 419 g/mol. The molecule has 0 radical (unpaired) electrons. The molecule has 0 aromatic heterocycles. The van der Waals surface area contributed by atoms with Gasteiger partial charge in [-0.15, -0.1) is 0 Å². The number of primary amides is 1. The summed E-state index contributed by atoms with van der Waals surface area (Å²) in [4.78, 5) is 28.2. The van der Waals surface area contributed by atoms with E-state index < -0.39 is 18.1 Å². The van der Waals surface area contributed by atoms with E-state index in [0.29, 0.717) is 31.7 Å². The number of nitrogens with two attached hydrogens (primary N) is 1. The van der Waals surface area contributed by atoms with E-state index in [9.17, 15) is 22.8 Å². The first kappa shape index (κ1) is 25.3. The van der Waals surface area contributed by atoms with Crippen LogP contribution in [0.1, 0.15) is 84.0 Å². The van der Waals surface area contributed by atoms with Crippen molar-refractivity contribution < 1.29 is 22.8 Å². The number of alkyl halides is 3. The molecule has 184 valence electrons. The van der Waals surface area contributed by atoms with Crippen molar-refractivity contribution in [2.75, 3.05) is 13.6 Å². The minimum Gasteiger partial charge on any atom is -0.370 e. The monoisotopic (exact) mass is 459 g/mol. The lowest BCUT2D eigenvalue weighted by atomic mass is 9.75. The molecule has 3 saturated carbocycles. The van der Waals surface area contributed by atoms with Gasteiger partial charge in [0.05, 0.1) is 5.92 Å². The lowest BCUT2D eigenvalue weighted by molar-refractivity contribution is -0.202. The highest BCUT2D eigenvalue weighted by Gasteiger charge is 2.48. The fourth-order valence-corrected chi connectivity index (χ4v) is 6.49. The minimum absolute atomic E-state index is 0.0443. The maximum absolute atomic E-state index is 13.7. The number of carbonyl (C=O) groups excluding carboxylic acids is 2. The van der Waals surface area contributed by atoms with Crippen LogP contribution in [0.5, 0.6) is 0 Å². The Labute approximate surface area is 190 Å². The molecule has 0 spiro atoms. The number of halogens is 3. The topological polar surface area (TPSA) is 66.6 Å². The third-order valence-corrected chi connectivity index (χ3v) is 8.44. The lowest BCUT2D eigenvalue weighted by Gasteiger charge is -2.47. The van der Waals surface area contributed by atoms with Crippen LogP contribution < -0.4 is 5.73 Å². The summed E-state index contributed by atoms with van der Waals surface area (Å²) in [5.74, 6) is -1.07. The molecule has 0 aromatic rings. The van der Waals surface area contributed by atoms with Crippen molar-refractivity contribution in [1.82, 2.24) is 9.80 Å². The van der Waals surface area contributed by atoms with Gasteiger partial charge in [-0.25, -0.2) is 0 Å². The Hall–Kier alpha value is -1.31. The van der Waals surface area contributed by atoms with Crippen LogP contribution in [0.2, 0.25) is 0 Å². The predicted octanol–water partition coefficient (Wildman–Crippen LogP) is 4.49. The van der Waals surface area contributed by atoms with E-state index in [4.69, 9.17) is 5.73 Å². The van der Waals surface area contributed by atoms with Crippen molar-refractivity contribution in [2.24, 2.45) is 23.5 Å². The molecule has 4 unspecified atom stereocenters. The lowest BCUT2D eigenvalue weighted by Crippen LogP contribution is -2.54. The van der Waals surface area contributed by atoms with Crippen LogP contribution >= 0.6 is 0 Å². The second-order valence-corrected chi connectivity index (χ2v) is 10.2. The van der Waals surface area contributed by atoms with E-state index in [-0.39, 0.29) is 36.2 Å². The fraction of sp³-hybridized carbons (Fsp3) is 0.917. The number of hydrogen-bond acceptors (Lipinski definition) is 3. The first-order valence-electron chi connectivity index (χ1n) is 12.5. The largest absolute Gasteiger partial charge is 0.393 e. The third kappa shape index (κ3) is 5.78. The molecule has 3 aliphatic rings. The Morgan fingerprint density at radius 2 is 1.59 bits per heavy atom. The summed E-state index contributed by atoms with van der Waals surface area (Å²) in [6.07, 6.45) is 4.39. The number of amides is 2. The van der Waals surface area contributed by atoms with Crippen molar-refractivity contribution in [3.8, 4) is 0 Å². The van der Waals surface area contributed by atoms with Gasteiger partial charge in [0, 0.05) is 37.5 Å². The molecule has 3 rings (SSSR count). The van der Waals surface area contributed by atoms with Gasteiger partial charge in [-0.3, -0.25) is 14.5 Å². The highest BCUT2D eigenvalue weighted by atomic mass is 19.4. The highest BCUT2D eigenvalue weighted by Crippen LogP contribution is 2.42. The number of carbonyl (C=O) groups is 2. The van der Waals surface area contributed by atoms with Crippen molar-refractivity contribution in [3.63, 3.8) is 0 Å². The van der Waals surface area contributed by atoms with Gasteiger partial charge in [0.2, 0.25) is 11.8 Å². The first-order chi connectivity index (χ1) is 15.1. The first-order valence-corrected chi connectivity index (χ1v) is 12.5. The second-order valence-electron chi connectivity index (χ2n) is 10.2. The molecule has 32 heavy (non-hydrogen) atoms. The second kappa shape index (κ2) is 10.7. The zero-order valence-corrected chi connectivity index (χ0v) is 19.6. The molecule has 0 saturated heterocycles. The molecule has 2 N–H and O–H groups in total. The summed E-state index contributed by atoms with van der Waals surface area (Å²) >= 11 is 0. The molecule has 3 aliphatic carbocycles. The van der Waals surface area contributed by atoms with Crippen LogP contribution in [0, 0.1) is 17.8 Å².